The highest BCUT2D eigenvalue weighted by Gasteiger charge is 2.22. The van der Waals surface area contributed by atoms with Gasteiger partial charge in [0.05, 0.1) is 19.5 Å². The van der Waals surface area contributed by atoms with Gasteiger partial charge in [0.15, 0.2) is 0 Å². The van der Waals surface area contributed by atoms with Crippen LogP contribution >= 0.6 is 12.4 Å². The van der Waals surface area contributed by atoms with Crippen LogP contribution in [0.1, 0.15) is 20.3 Å². The molecule has 2 rings (SSSR count). The van der Waals surface area contributed by atoms with Gasteiger partial charge in [-0.15, -0.1) is 12.4 Å². The zero-order valence-corrected chi connectivity index (χ0v) is 16.2. The van der Waals surface area contributed by atoms with E-state index in [1.165, 1.54) is 17.1 Å². The fraction of sp³-hybridized carbons (Fsp3) is 0.438. The molecular weight excluding hydrogens is 364 g/mol. The maximum Gasteiger partial charge on any atom is 0.244 e. The van der Waals surface area contributed by atoms with Crippen molar-refractivity contribution >= 4 is 22.4 Å². The molecular formula is C16H25ClN4O3S. The van der Waals surface area contributed by atoms with Crippen LogP contribution in [-0.2, 0) is 10.0 Å². The molecule has 1 unspecified atom stereocenters. The SMILES string of the molecule is COc1ccccc1-n1cc(S(=O)(=O)NC(CN)CC(C)C)cn1.Cl. The van der Waals surface area contributed by atoms with Gasteiger partial charge in [0.2, 0.25) is 10.0 Å². The average Bonchev–Trinajstić information content (AvgIpc) is 3.04. The predicted octanol–water partition coefficient (Wildman–Crippen LogP) is 1.95. The third-order valence-corrected chi connectivity index (χ3v) is 5.04. The van der Waals surface area contributed by atoms with E-state index in [4.69, 9.17) is 10.5 Å². The van der Waals surface area contributed by atoms with Gasteiger partial charge in [-0.25, -0.2) is 17.8 Å². The van der Waals surface area contributed by atoms with Gasteiger partial charge in [0, 0.05) is 12.6 Å². The first-order valence-corrected chi connectivity index (χ1v) is 9.26. The highest BCUT2D eigenvalue weighted by atomic mass is 35.5. The number of nitrogens with two attached hydrogens (primary N) is 1. The van der Waals surface area contributed by atoms with Crippen molar-refractivity contribution in [3.8, 4) is 11.4 Å². The minimum Gasteiger partial charge on any atom is -0.494 e. The van der Waals surface area contributed by atoms with Gasteiger partial charge in [-0.05, 0) is 24.5 Å². The average molecular weight is 389 g/mol. The van der Waals surface area contributed by atoms with E-state index < -0.39 is 10.0 Å². The summed E-state index contributed by atoms with van der Waals surface area (Å²) in [5.74, 6) is 0.953. The normalized spacial score (nSPS) is 12.7. The van der Waals surface area contributed by atoms with E-state index in [0.717, 1.165) is 0 Å². The van der Waals surface area contributed by atoms with E-state index in [2.05, 4.69) is 9.82 Å². The summed E-state index contributed by atoms with van der Waals surface area (Å²) >= 11 is 0. The molecule has 1 heterocycles. The maximum atomic E-state index is 12.5. The Balaban J connectivity index is 0.00000312. The highest BCUT2D eigenvalue weighted by molar-refractivity contribution is 7.89. The van der Waals surface area contributed by atoms with Gasteiger partial charge >= 0.3 is 0 Å². The standard InChI is InChI=1S/C16H24N4O3S.ClH/c1-12(2)8-13(9-17)19-24(21,22)14-10-18-20(11-14)15-6-4-5-7-16(15)23-3;/h4-7,10-13,19H,8-9,17H2,1-3H3;1H. The maximum absolute atomic E-state index is 12.5. The number of benzene rings is 1. The van der Waals surface area contributed by atoms with Crippen molar-refractivity contribution in [1.29, 1.82) is 0 Å². The second-order valence-electron chi connectivity index (χ2n) is 5.98. The number of rotatable bonds is 8. The number of ether oxygens (including phenoxy) is 1. The lowest BCUT2D eigenvalue weighted by atomic mass is 10.1. The Kier molecular flexibility index (Phi) is 7.88. The molecule has 1 aromatic carbocycles. The second-order valence-corrected chi connectivity index (χ2v) is 7.69. The summed E-state index contributed by atoms with van der Waals surface area (Å²) in [6, 6.07) is 6.96. The lowest BCUT2D eigenvalue weighted by Crippen LogP contribution is -2.40. The number of methoxy groups -OCH3 is 1. The largest absolute Gasteiger partial charge is 0.494 e. The van der Waals surface area contributed by atoms with Crippen LogP contribution in [0, 0.1) is 5.92 Å². The third kappa shape index (κ3) is 5.43. The number of aromatic nitrogens is 2. The van der Waals surface area contributed by atoms with Gasteiger partial charge < -0.3 is 10.5 Å². The van der Waals surface area contributed by atoms with Gasteiger partial charge in [0.25, 0.3) is 0 Å². The molecule has 25 heavy (non-hydrogen) atoms. The van der Waals surface area contributed by atoms with E-state index in [1.807, 2.05) is 26.0 Å². The predicted molar refractivity (Wildman–Crippen MR) is 100.0 cm³/mol. The van der Waals surface area contributed by atoms with Crippen LogP contribution in [0.3, 0.4) is 0 Å². The molecule has 0 aliphatic heterocycles. The molecule has 0 saturated carbocycles. The number of hydrogen-bond acceptors (Lipinski definition) is 5. The Labute approximate surface area is 155 Å². The summed E-state index contributed by atoms with van der Waals surface area (Å²) in [5, 5.41) is 4.14. The topological polar surface area (TPSA) is 99.2 Å². The molecule has 0 spiro atoms. The van der Waals surface area contributed by atoms with Crippen molar-refractivity contribution in [2.45, 2.75) is 31.2 Å². The van der Waals surface area contributed by atoms with Crippen LogP contribution in [0.4, 0.5) is 0 Å². The van der Waals surface area contributed by atoms with Crippen molar-refractivity contribution in [3.63, 3.8) is 0 Å². The van der Waals surface area contributed by atoms with Crippen molar-refractivity contribution in [1.82, 2.24) is 14.5 Å². The van der Waals surface area contributed by atoms with Gasteiger partial charge in [-0.1, -0.05) is 26.0 Å². The summed E-state index contributed by atoms with van der Waals surface area (Å²) in [5.41, 5.74) is 6.34. The Morgan fingerprint density at radius 2 is 2.00 bits per heavy atom. The molecule has 9 heteroatoms. The number of para-hydroxylation sites is 2. The second kappa shape index (κ2) is 9.19. The molecule has 7 nitrogen and oxygen atoms in total. The summed E-state index contributed by atoms with van der Waals surface area (Å²) < 4.78 is 34.5. The molecule has 0 radical (unpaired) electrons. The van der Waals surface area contributed by atoms with Crippen molar-refractivity contribution in [2.24, 2.45) is 11.7 Å². The fourth-order valence-electron chi connectivity index (χ4n) is 2.44. The van der Waals surface area contributed by atoms with Crippen molar-refractivity contribution < 1.29 is 13.2 Å². The van der Waals surface area contributed by atoms with Crippen LogP contribution in [0.25, 0.3) is 5.69 Å². The molecule has 0 bridgehead atoms. The zero-order valence-electron chi connectivity index (χ0n) is 14.5. The Hall–Kier alpha value is -1.61. The van der Waals surface area contributed by atoms with E-state index in [1.54, 1.807) is 19.2 Å². The summed E-state index contributed by atoms with van der Waals surface area (Å²) in [6.07, 6.45) is 3.46. The first kappa shape index (κ1) is 21.4. The molecule has 0 fully saturated rings. The molecule has 0 amide bonds. The first-order chi connectivity index (χ1) is 11.4. The zero-order chi connectivity index (χ0) is 17.7. The van der Waals surface area contributed by atoms with Crippen molar-refractivity contribution in [2.75, 3.05) is 13.7 Å². The lowest BCUT2D eigenvalue weighted by molar-refractivity contribution is 0.411. The van der Waals surface area contributed by atoms with Gasteiger partial charge in [-0.3, -0.25) is 0 Å². The van der Waals surface area contributed by atoms with Crippen LogP contribution in [0.15, 0.2) is 41.6 Å². The number of sulfonamides is 1. The molecule has 0 aliphatic rings. The first-order valence-electron chi connectivity index (χ1n) is 7.78. The summed E-state index contributed by atoms with van der Waals surface area (Å²) in [6.45, 7) is 4.30. The quantitative estimate of drug-likeness (QED) is 0.720. The van der Waals surface area contributed by atoms with Crippen LogP contribution in [-0.4, -0.2) is 37.9 Å². The van der Waals surface area contributed by atoms with Gasteiger partial charge in [0.1, 0.15) is 16.3 Å². The van der Waals surface area contributed by atoms with E-state index >= 15 is 0 Å². The molecule has 0 aliphatic carbocycles. The number of nitrogens with zero attached hydrogens (tertiary/aromatic N) is 2. The molecule has 1 aromatic heterocycles. The number of nitrogens with one attached hydrogen (secondary N) is 1. The van der Waals surface area contributed by atoms with E-state index in [0.29, 0.717) is 23.8 Å². The fourth-order valence-corrected chi connectivity index (χ4v) is 3.64. The van der Waals surface area contributed by atoms with Crippen molar-refractivity contribution in [3.05, 3.63) is 36.7 Å². The summed E-state index contributed by atoms with van der Waals surface area (Å²) in [7, 11) is -2.12. The Morgan fingerprint density at radius 3 is 2.60 bits per heavy atom. The van der Waals surface area contributed by atoms with E-state index in [-0.39, 0.29) is 29.9 Å². The minimum atomic E-state index is -3.68. The smallest absolute Gasteiger partial charge is 0.244 e. The van der Waals surface area contributed by atoms with Crippen LogP contribution in [0.5, 0.6) is 5.75 Å². The Bertz CT molecular complexity index is 777. The number of halogens is 1. The number of hydrogen-bond donors (Lipinski definition) is 2. The molecule has 2 aromatic rings. The van der Waals surface area contributed by atoms with Crippen LogP contribution in [0.2, 0.25) is 0 Å². The monoisotopic (exact) mass is 388 g/mol. The molecule has 1 atom stereocenters. The molecule has 0 saturated heterocycles. The Morgan fingerprint density at radius 1 is 1.32 bits per heavy atom. The summed E-state index contributed by atoms with van der Waals surface area (Å²) in [4.78, 5) is 0.0932. The third-order valence-electron chi connectivity index (χ3n) is 3.56. The van der Waals surface area contributed by atoms with Crippen LogP contribution < -0.4 is 15.2 Å². The van der Waals surface area contributed by atoms with E-state index in [9.17, 15) is 8.42 Å². The van der Waals surface area contributed by atoms with Gasteiger partial charge in [-0.2, -0.15) is 5.10 Å². The molecule has 3 N–H and O–H groups in total. The lowest BCUT2D eigenvalue weighted by Gasteiger charge is -2.18. The highest BCUT2D eigenvalue weighted by Crippen LogP contribution is 2.22. The molecule has 140 valence electrons. The minimum absolute atomic E-state index is 0.